The number of nitrogens with two attached hydrogens (primary N) is 1. The molecule has 1 saturated heterocycles. The highest BCUT2D eigenvalue weighted by Crippen LogP contribution is 2.38. The largest absolute Gasteiger partial charge is 0.368 e. The highest BCUT2D eigenvalue weighted by molar-refractivity contribution is 5.85. The van der Waals surface area contributed by atoms with Gasteiger partial charge < -0.3 is 20.9 Å². The zero-order valence-corrected chi connectivity index (χ0v) is 16.2. The maximum Gasteiger partial charge on any atom is 0.242 e. The molecule has 6 heteroatoms. The predicted octanol–water partition coefficient (Wildman–Crippen LogP) is 1.75. The maximum absolute atomic E-state index is 12.5. The van der Waals surface area contributed by atoms with Crippen LogP contribution in [0.1, 0.15) is 38.5 Å². The lowest BCUT2D eigenvalue weighted by Crippen LogP contribution is -2.51. The average molecular weight is 373 g/mol. The van der Waals surface area contributed by atoms with Crippen molar-refractivity contribution < 1.29 is 9.59 Å². The first-order valence-corrected chi connectivity index (χ1v) is 10.2. The van der Waals surface area contributed by atoms with E-state index in [1.807, 2.05) is 23.1 Å². The number of nitrogens with zero attached hydrogens (tertiary/aromatic N) is 2. The quantitative estimate of drug-likeness (QED) is 0.797. The number of amides is 2. The van der Waals surface area contributed by atoms with Gasteiger partial charge in [0.1, 0.15) is 0 Å². The summed E-state index contributed by atoms with van der Waals surface area (Å²) < 4.78 is 0. The van der Waals surface area contributed by atoms with E-state index in [0.717, 1.165) is 38.8 Å². The Bertz CT molecular complexity index is 620. The van der Waals surface area contributed by atoms with Crippen molar-refractivity contribution in [3.8, 4) is 0 Å². The first-order chi connectivity index (χ1) is 13.1. The third-order valence-corrected chi connectivity index (χ3v) is 6.07. The van der Waals surface area contributed by atoms with Crippen LogP contribution in [0.4, 0.5) is 5.69 Å². The van der Waals surface area contributed by atoms with E-state index in [2.05, 4.69) is 22.3 Å². The number of nitrogens with one attached hydrogen (secondary N) is 1. The number of hydrogen-bond acceptors (Lipinski definition) is 4. The number of carbonyl (C=O) groups is 2. The molecule has 1 aromatic carbocycles. The van der Waals surface area contributed by atoms with Crippen LogP contribution in [-0.2, 0) is 9.59 Å². The topological polar surface area (TPSA) is 78.7 Å². The van der Waals surface area contributed by atoms with Gasteiger partial charge in [-0.05, 0) is 36.9 Å². The zero-order chi connectivity index (χ0) is 19.1. The van der Waals surface area contributed by atoms with Gasteiger partial charge in [0.2, 0.25) is 11.8 Å². The smallest absolute Gasteiger partial charge is 0.242 e. The molecule has 1 aliphatic heterocycles. The second-order valence-electron chi connectivity index (χ2n) is 7.92. The third kappa shape index (κ3) is 5.22. The summed E-state index contributed by atoms with van der Waals surface area (Å²) in [7, 11) is 0. The monoisotopic (exact) mass is 372 g/mol. The van der Waals surface area contributed by atoms with Crippen LogP contribution in [0, 0.1) is 5.41 Å². The molecule has 0 radical (unpaired) electrons. The Balaban J connectivity index is 1.41. The fraction of sp³-hybridized carbons (Fsp3) is 0.619. The van der Waals surface area contributed by atoms with Crippen molar-refractivity contribution in [2.45, 2.75) is 38.5 Å². The molecule has 6 nitrogen and oxygen atoms in total. The van der Waals surface area contributed by atoms with E-state index >= 15 is 0 Å². The molecule has 1 heterocycles. The molecule has 3 N–H and O–H groups in total. The molecular formula is C21H32N4O2. The Morgan fingerprint density at radius 1 is 1.00 bits per heavy atom. The third-order valence-electron chi connectivity index (χ3n) is 6.07. The van der Waals surface area contributed by atoms with Crippen LogP contribution in [-0.4, -0.2) is 56.0 Å². The van der Waals surface area contributed by atoms with Crippen LogP contribution in [0.3, 0.4) is 0 Å². The van der Waals surface area contributed by atoms with Gasteiger partial charge in [0.25, 0.3) is 0 Å². The molecule has 1 aliphatic carbocycles. The van der Waals surface area contributed by atoms with Crippen molar-refractivity contribution in [2.75, 3.05) is 44.2 Å². The van der Waals surface area contributed by atoms with E-state index in [4.69, 9.17) is 5.73 Å². The Morgan fingerprint density at radius 3 is 2.30 bits per heavy atom. The first kappa shape index (κ1) is 19.7. The number of para-hydroxylation sites is 1. The maximum atomic E-state index is 12.5. The predicted molar refractivity (Wildman–Crippen MR) is 107 cm³/mol. The summed E-state index contributed by atoms with van der Waals surface area (Å²) in [6, 6.07) is 10.3. The summed E-state index contributed by atoms with van der Waals surface area (Å²) in [5, 5.41) is 2.83. The molecule has 2 amide bonds. The van der Waals surface area contributed by atoms with Crippen LogP contribution in [0.5, 0.6) is 0 Å². The summed E-state index contributed by atoms with van der Waals surface area (Å²) in [5.41, 5.74) is 7.09. The highest BCUT2D eigenvalue weighted by atomic mass is 16.2. The van der Waals surface area contributed by atoms with Gasteiger partial charge in [0.15, 0.2) is 0 Å². The van der Waals surface area contributed by atoms with Crippen molar-refractivity contribution >= 4 is 17.5 Å². The summed E-state index contributed by atoms with van der Waals surface area (Å²) in [5.74, 6) is -0.0416. The molecule has 0 spiro atoms. The van der Waals surface area contributed by atoms with Gasteiger partial charge in [0, 0.05) is 38.3 Å². The van der Waals surface area contributed by atoms with Crippen LogP contribution in [0.15, 0.2) is 30.3 Å². The number of carbonyl (C=O) groups excluding carboxylic acids is 2. The van der Waals surface area contributed by atoms with E-state index in [1.54, 1.807) is 0 Å². The molecule has 27 heavy (non-hydrogen) atoms. The fourth-order valence-corrected chi connectivity index (χ4v) is 4.30. The molecule has 1 saturated carbocycles. The van der Waals surface area contributed by atoms with Crippen LogP contribution in [0.2, 0.25) is 0 Å². The summed E-state index contributed by atoms with van der Waals surface area (Å²) >= 11 is 0. The second kappa shape index (κ2) is 9.22. The van der Waals surface area contributed by atoms with E-state index in [1.165, 1.54) is 12.1 Å². The second-order valence-corrected chi connectivity index (χ2v) is 7.92. The molecule has 2 aliphatic rings. The van der Waals surface area contributed by atoms with Gasteiger partial charge in [-0.25, -0.2) is 0 Å². The normalized spacial score (nSPS) is 19.6. The number of piperazine rings is 1. The van der Waals surface area contributed by atoms with Crippen molar-refractivity contribution in [3.05, 3.63) is 30.3 Å². The minimum absolute atomic E-state index is 0.00139. The van der Waals surface area contributed by atoms with E-state index < -0.39 is 0 Å². The van der Waals surface area contributed by atoms with Crippen molar-refractivity contribution in [2.24, 2.45) is 11.1 Å². The lowest BCUT2D eigenvalue weighted by molar-refractivity contribution is -0.133. The van der Waals surface area contributed by atoms with Gasteiger partial charge in [-0.1, -0.05) is 37.5 Å². The van der Waals surface area contributed by atoms with E-state index in [-0.39, 0.29) is 23.8 Å². The highest BCUT2D eigenvalue weighted by Gasteiger charge is 2.33. The first-order valence-electron chi connectivity index (χ1n) is 10.2. The van der Waals surface area contributed by atoms with Crippen molar-refractivity contribution in [1.29, 1.82) is 0 Å². The van der Waals surface area contributed by atoms with Gasteiger partial charge >= 0.3 is 0 Å². The van der Waals surface area contributed by atoms with Gasteiger partial charge in [-0.2, -0.15) is 0 Å². The summed E-state index contributed by atoms with van der Waals surface area (Å²) in [6.45, 7) is 3.66. The average Bonchev–Trinajstić information content (AvgIpc) is 2.73. The molecule has 0 unspecified atom stereocenters. The summed E-state index contributed by atoms with van der Waals surface area (Å²) in [6.07, 6.45) is 6.01. The number of hydrogen-bond donors (Lipinski definition) is 2. The standard InChI is InChI=1S/C21H32N4O2/c22-17-21(9-5-2-6-10-21)15-19(26)23-16-20(27)25-13-11-24(12-14-25)18-7-3-1-4-8-18/h1,3-4,7-8H,2,5-6,9-17,22H2,(H,23,26). The van der Waals surface area contributed by atoms with Gasteiger partial charge in [0.05, 0.1) is 6.54 Å². The summed E-state index contributed by atoms with van der Waals surface area (Å²) in [4.78, 5) is 28.9. The molecular weight excluding hydrogens is 340 g/mol. The molecule has 0 bridgehead atoms. The molecule has 3 rings (SSSR count). The van der Waals surface area contributed by atoms with E-state index in [9.17, 15) is 9.59 Å². The number of anilines is 1. The molecule has 2 fully saturated rings. The van der Waals surface area contributed by atoms with Gasteiger partial charge in [-0.3, -0.25) is 9.59 Å². The Kier molecular flexibility index (Phi) is 6.72. The van der Waals surface area contributed by atoms with Crippen molar-refractivity contribution in [1.82, 2.24) is 10.2 Å². The molecule has 0 aromatic heterocycles. The molecule has 148 valence electrons. The Morgan fingerprint density at radius 2 is 1.67 bits per heavy atom. The minimum atomic E-state index is -0.0628. The molecule has 1 aromatic rings. The fourth-order valence-electron chi connectivity index (χ4n) is 4.30. The van der Waals surface area contributed by atoms with E-state index in [0.29, 0.717) is 26.1 Å². The lowest BCUT2D eigenvalue weighted by atomic mass is 9.71. The molecule has 0 atom stereocenters. The minimum Gasteiger partial charge on any atom is -0.368 e. The van der Waals surface area contributed by atoms with Crippen LogP contribution >= 0.6 is 0 Å². The van der Waals surface area contributed by atoms with Crippen molar-refractivity contribution in [3.63, 3.8) is 0 Å². The Labute approximate surface area is 162 Å². The number of benzene rings is 1. The zero-order valence-electron chi connectivity index (χ0n) is 16.2. The Hall–Kier alpha value is -2.08. The van der Waals surface area contributed by atoms with Crippen LogP contribution < -0.4 is 16.0 Å². The van der Waals surface area contributed by atoms with Gasteiger partial charge in [-0.15, -0.1) is 0 Å². The SMILES string of the molecule is NCC1(CC(=O)NCC(=O)N2CCN(c3ccccc3)CC2)CCCCC1. The lowest BCUT2D eigenvalue weighted by Gasteiger charge is -2.37. The van der Waals surface area contributed by atoms with Crippen LogP contribution in [0.25, 0.3) is 0 Å². The number of rotatable bonds is 6.